The zero-order chi connectivity index (χ0) is 13.0. The number of hydrogen-bond acceptors (Lipinski definition) is 4. The Hall–Kier alpha value is -1.86. The number of thiazole rings is 1. The maximum atomic E-state index is 8.91. The minimum Gasteiger partial charge on any atom is -0.376 e. The van der Waals surface area contributed by atoms with Gasteiger partial charge in [-0.25, -0.2) is 4.98 Å². The van der Waals surface area contributed by atoms with Crippen LogP contribution >= 0.6 is 11.3 Å². The van der Waals surface area contributed by atoms with Crippen LogP contribution in [0.2, 0.25) is 0 Å². The Morgan fingerprint density at radius 2 is 2.33 bits per heavy atom. The Kier molecular flexibility index (Phi) is 3.96. The summed E-state index contributed by atoms with van der Waals surface area (Å²) in [6.45, 7) is 4.09. The summed E-state index contributed by atoms with van der Waals surface area (Å²) in [6.07, 6.45) is 2.81. The average Bonchev–Trinajstić information content (AvgIpc) is 2.90. The second-order valence-corrected chi connectivity index (χ2v) is 5.04. The number of benzene rings is 1. The molecule has 0 saturated carbocycles. The van der Waals surface area contributed by atoms with Crippen molar-refractivity contribution >= 4 is 17.0 Å². The number of rotatable bonds is 4. The van der Waals surface area contributed by atoms with E-state index in [9.17, 15) is 0 Å². The van der Waals surface area contributed by atoms with Gasteiger partial charge in [0.1, 0.15) is 5.01 Å². The Labute approximate surface area is 111 Å². The van der Waals surface area contributed by atoms with E-state index in [1.54, 1.807) is 11.3 Å². The van der Waals surface area contributed by atoms with Crippen LogP contribution in [0.25, 0.3) is 0 Å². The molecule has 0 aliphatic heterocycles. The van der Waals surface area contributed by atoms with E-state index in [-0.39, 0.29) is 6.04 Å². The Bertz CT molecular complexity index is 555. The number of aromatic nitrogens is 1. The molecule has 2 rings (SSSR count). The molecule has 92 valence electrons. The van der Waals surface area contributed by atoms with E-state index in [0.29, 0.717) is 0 Å². The van der Waals surface area contributed by atoms with Crippen LogP contribution in [0, 0.1) is 18.3 Å². The molecule has 0 fully saturated rings. The molecule has 4 heteroatoms. The molecule has 1 aromatic carbocycles. The van der Waals surface area contributed by atoms with E-state index in [0.717, 1.165) is 28.2 Å². The lowest BCUT2D eigenvalue weighted by atomic mass is 10.1. The largest absolute Gasteiger partial charge is 0.376 e. The first kappa shape index (κ1) is 12.6. The van der Waals surface area contributed by atoms with Crippen LogP contribution in [0.1, 0.15) is 35.5 Å². The standard InChI is InChI=1S/C14H15N3S/c1-3-13(14-16-6-7-18-14)17-12-5-4-11(9-15)10(2)8-12/h4-8,13,17H,3H2,1-2H3. The third-order valence-electron chi connectivity index (χ3n) is 2.85. The van der Waals surface area contributed by atoms with Crippen molar-refractivity contribution in [3.63, 3.8) is 0 Å². The molecule has 2 aromatic rings. The first-order chi connectivity index (χ1) is 8.74. The number of anilines is 1. The summed E-state index contributed by atoms with van der Waals surface area (Å²) in [4.78, 5) is 4.34. The Morgan fingerprint density at radius 3 is 2.89 bits per heavy atom. The molecular weight excluding hydrogens is 242 g/mol. The predicted molar refractivity (Wildman–Crippen MR) is 74.7 cm³/mol. The van der Waals surface area contributed by atoms with E-state index in [1.807, 2.05) is 36.7 Å². The van der Waals surface area contributed by atoms with E-state index in [4.69, 9.17) is 5.26 Å². The van der Waals surface area contributed by atoms with E-state index in [2.05, 4.69) is 23.3 Å². The smallest absolute Gasteiger partial charge is 0.115 e. The van der Waals surface area contributed by atoms with Gasteiger partial charge >= 0.3 is 0 Å². The van der Waals surface area contributed by atoms with Gasteiger partial charge in [-0.3, -0.25) is 0 Å². The molecule has 1 N–H and O–H groups in total. The van der Waals surface area contributed by atoms with Gasteiger partial charge < -0.3 is 5.32 Å². The molecule has 0 spiro atoms. The molecule has 0 radical (unpaired) electrons. The lowest BCUT2D eigenvalue weighted by Crippen LogP contribution is -2.09. The van der Waals surface area contributed by atoms with Crippen molar-refractivity contribution in [2.45, 2.75) is 26.3 Å². The van der Waals surface area contributed by atoms with Crippen molar-refractivity contribution in [1.29, 1.82) is 5.26 Å². The molecule has 1 atom stereocenters. The normalized spacial score (nSPS) is 11.8. The number of nitrogens with zero attached hydrogens (tertiary/aromatic N) is 2. The highest BCUT2D eigenvalue weighted by atomic mass is 32.1. The van der Waals surface area contributed by atoms with Gasteiger partial charge in [-0.1, -0.05) is 6.92 Å². The fraction of sp³-hybridized carbons (Fsp3) is 0.286. The monoisotopic (exact) mass is 257 g/mol. The molecule has 0 aliphatic rings. The van der Waals surface area contributed by atoms with Crippen molar-refractivity contribution in [2.75, 3.05) is 5.32 Å². The second-order valence-electron chi connectivity index (χ2n) is 4.12. The molecule has 18 heavy (non-hydrogen) atoms. The van der Waals surface area contributed by atoms with Crippen LogP contribution < -0.4 is 5.32 Å². The summed E-state index contributed by atoms with van der Waals surface area (Å²) in [7, 11) is 0. The van der Waals surface area contributed by atoms with Crippen LogP contribution in [0.3, 0.4) is 0 Å². The summed E-state index contributed by atoms with van der Waals surface area (Å²) in [5, 5.41) is 15.5. The minimum atomic E-state index is 0.234. The number of hydrogen-bond donors (Lipinski definition) is 1. The maximum absolute atomic E-state index is 8.91. The highest BCUT2D eigenvalue weighted by Crippen LogP contribution is 2.25. The molecule has 3 nitrogen and oxygen atoms in total. The third kappa shape index (κ3) is 2.69. The molecule has 1 aromatic heterocycles. The van der Waals surface area contributed by atoms with Crippen molar-refractivity contribution in [3.8, 4) is 6.07 Å². The molecule has 0 bridgehead atoms. The van der Waals surface area contributed by atoms with Crippen LogP contribution in [0.5, 0.6) is 0 Å². The highest BCUT2D eigenvalue weighted by molar-refractivity contribution is 7.09. The summed E-state index contributed by atoms with van der Waals surface area (Å²) in [5.74, 6) is 0. The van der Waals surface area contributed by atoms with Gasteiger partial charge in [0.05, 0.1) is 17.7 Å². The lowest BCUT2D eigenvalue weighted by Gasteiger charge is -2.16. The van der Waals surface area contributed by atoms with Gasteiger partial charge in [0.2, 0.25) is 0 Å². The number of nitrogens with one attached hydrogen (secondary N) is 1. The topological polar surface area (TPSA) is 48.7 Å². The van der Waals surface area contributed by atoms with E-state index in [1.165, 1.54) is 0 Å². The predicted octanol–water partition coefficient (Wildman–Crippen LogP) is 3.89. The van der Waals surface area contributed by atoms with Crippen LogP contribution in [-0.2, 0) is 0 Å². The van der Waals surface area contributed by atoms with Crippen molar-refractivity contribution in [2.24, 2.45) is 0 Å². The summed E-state index contributed by atoms with van der Waals surface area (Å²) < 4.78 is 0. The Balaban J connectivity index is 2.18. The Morgan fingerprint density at radius 1 is 1.50 bits per heavy atom. The second kappa shape index (κ2) is 5.65. The molecule has 1 heterocycles. The molecule has 0 aliphatic carbocycles. The quantitative estimate of drug-likeness (QED) is 0.904. The first-order valence-corrected chi connectivity index (χ1v) is 6.79. The van der Waals surface area contributed by atoms with E-state index >= 15 is 0 Å². The third-order valence-corrected chi connectivity index (χ3v) is 3.73. The summed E-state index contributed by atoms with van der Waals surface area (Å²) in [5.41, 5.74) is 2.76. The molecule has 0 saturated heterocycles. The lowest BCUT2D eigenvalue weighted by molar-refractivity contribution is 0.742. The molecule has 0 amide bonds. The van der Waals surface area contributed by atoms with Gasteiger partial charge in [-0.2, -0.15) is 5.26 Å². The fourth-order valence-corrected chi connectivity index (χ4v) is 2.60. The zero-order valence-electron chi connectivity index (χ0n) is 10.5. The fourth-order valence-electron chi connectivity index (χ4n) is 1.83. The summed E-state index contributed by atoms with van der Waals surface area (Å²) in [6, 6.07) is 8.22. The van der Waals surface area contributed by atoms with Crippen molar-refractivity contribution < 1.29 is 0 Å². The number of nitriles is 1. The molecular formula is C14H15N3S. The SMILES string of the molecule is CCC(Nc1ccc(C#N)c(C)c1)c1nccs1. The van der Waals surface area contributed by atoms with Crippen LogP contribution in [0.15, 0.2) is 29.8 Å². The van der Waals surface area contributed by atoms with Gasteiger partial charge in [-0.05, 0) is 37.1 Å². The first-order valence-electron chi connectivity index (χ1n) is 5.91. The summed E-state index contributed by atoms with van der Waals surface area (Å²) >= 11 is 1.66. The maximum Gasteiger partial charge on any atom is 0.115 e. The van der Waals surface area contributed by atoms with Gasteiger partial charge in [0, 0.05) is 17.3 Å². The van der Waals surface area contributed by atoms with E-state index < -0.39 is 0 Å². The van der Waals surface area contributed by atoms with Crippen LogP contribution in [-0.4, -0.2) is 4.98 Å². The molecule has 1 unspecified atom stereocenters. The zero-order valence-corrected chi connectivity index (χ0v) is 11.3. The minimum absolute atomic E-state index is 0.234. The van der Waals surface area contributed by atoms with Gasteiger partial charge in [-0.15, -0.1) is 11.3 Å². The highest BCUT2D eigenvalue weighted by Gasteiger charge is 2.11. The number of aryl methyl sites for hydroxylation is 1. The van der Waals surface area contributed by atoms with Gasteiger partial charge in [0.15, 0.2) is 0 Å². The van der Waals surface area contributed by atoms with Crippen molar-refractivity contribution in [1.82, 2.24) is 4.98 Å². The average molecular weight is 257 g/mol. The van der Waals surface area contributed by atoms with Crippen LogP contribution in [0.4, 0.5) is 5.69 Å². The van der Waals surface area contributed by atoms with Crippen molar-refractivity contribution in [3.05, 3.63) is 45.9 Å². The van der Waals surface area contributed by atoms with Gasteiger partial charge in [0.25, 0.3) is 0 Å².